The first-order chi connectivity index (χ1) is 11.0. The van der Waals surface area contributed by atoms with Gasteiger partial charge in [-0.2, -0.15) is 4.31 Å². The topological polar surface area (TPSA) is 69.7 Å². The fourth-order valence-electron chi connectivity index (χ4n) is 2.77. The summed E-state index contributed by atoms with van der Waals surface area (Å²) in [5.41, 5.74) is 0.618. The SMILES string of the molecule is CCN(CC)S(=O)(=O)c1ccc(NC(=O)CN2CCCC2)cc1. The summed E-state index contributed by atoms with van der Waals surface area (Å²) < 4.78 is 26.2. The van der Waals surface area contributed by atoms with Gasteiger partial charge in [-0.05, 0) is 50.2 Å². The number of nitrogens with one attached hydrogen (secondary N) is 1. The number of amides is 1. The number of rotatable bonds is 7. The van der Waals surface area contributed by atoms with Crippen LogP contribution in [-0.2, 0) is 14.8 Å². The van der Waals surface area contributed by atoms with Crippen LogP contribution in [0.2, 0.25) is 0 Å². The van der Waals surface area contributed by atoms with Gasteiger partial charge >= 0.3 is 0 Å². The summed E-state index contributed by atoms with van der Waals surface area (Å²) in [4.78, 5) is 14.3. The number of anilines is 1. The minimum absolute atomic E-state index is 0.0637. The second kappa shape index (κ2) is 7.90. The highest BCUT2D eigenvalue weighted by Crippen LogP contribution is 2.18. The van der Waals surface area contributed by atoms with E-state index >= 15 is 0 Å². The van der Waals surface area contributed by atoms with Gasteiger partial charge in [0.1, 0.15) is 0 Å². The van der Waals surface area contributed by atoms with Crippen LogP contribution in [0.25, 0.3) is 0 Å². The number of likely N-dealkylation sites (tertiary alicyclic amines) is 1. The van der Waals surface area contributed by atoms with E-state index in [1.807, 2.05) is 13.8 Å². The Morgan fingerprint density at radius 2 is 1.70 bits per heavy atom. The van der Waals surface area contributed by atoms with Crippen molar-refractivity contribution < 1.29 is 13.2 Å². The molecule has 1 N–H and O–H groups in total. The Morgan fingerprint density at radius 1 is 1.13 bits per heavy atom. The standard InChI is InChI=1S/C16H25N3O3S/c1-3-19(4-2)23(21,22)15-9-7-14(8-10-15)17-16(20)13-18-11-5-6-12-18/h7-10H,3-6,11-13H2,1-2H3,(H,17,20). The summed E-state index contributed by atoms with van der Waals surface area (Å²) in [5, 5.41) is 2.82. The largest absolute Gasteiger partial charge is 0.325 e. The second-order valence-corrected chi connectivity index (χ2v) is 7.58. The van der Waals surface area contributed by atoms with Gasteiger partial charge in [0.25, 0.3) is 0 Å². The molecule has 23 heavy (non-hydrogen) atoms. The maximum Gasteiger partial charge on any atom is 0.243 e. The third-order valence-electron chi connectivity index (χ3n) is 4.05. The van der Waals surface area contributed by atoms with Crippen molar-refractivity contribution in [2.45, 2.75) is 31.6 Å². The first-order valence-corrected chi connectivity index (χ1v) is 9.53. The lowest BCUT2D eigenvalue weighted by atomic mass is 10.3. The van der Waals surface area contributed by atoms with Crippen LogP contribution >= 0.6 is 0 Å². The molecule has 7 heteroatoms. The molecule has 0 saturated carbocycles. The monoisotopic (exact) mass is 339 g/mol. The number of carbonyl (C=O) groups excluding carboxylic acids is 1. The summed E-state index contributed by atoms with van der Waals surface area (Å²) in [6, 6.07) is 6.36. The van der Waals surface area contributed by atoms with Crippen molar-refractivity contribution in [2.75, 3.05) is 38.0 Å². The van der Waals surface area contributed by atoms with Gasteiger partial charge in [-0.15, -0.1) is 0 Å². The van der Waals surface area contributed by atoms with Gasteiger partial charge in [-0.3, -0.25) is 9.69 Å². The fraction of sp³-hybridized carbons (Fsp3) is 0.562. The van der Waals surface area contributed by atoms with Gasteiger partial charge in [-0.1, -0.05) is 13.8 Å². The molecular weight excluding hydrogens is 314 g/mol. The molecular formula is C16H25N3O3S. The van der Waals surface area contributed by atoms with Crippen molar-refractivity contribution in [3.8, 4) is 0 Å². The van der Waals surface area contributed by atoms with E-state index in [1.165, 1.54) is 4.31 Å². The van der Waals surface area contributed by atoms with Gasteiger partial charge < -0.3 is 5.32 Å². The van der Waals surface area contributed by atoms with Crippen LogP contribution < -0.4 is 5.32 Å². The molecule has 1 heterocycles. The molecule has 1 aromatic rings. The number of hydrogen-bond acceptors (Lipinski definition) is 4. The van der Waals surface area contributed by atoms with E-state index in [9.17, 15) is 13.2 Å². The zero-order valence-electron chi connectivity index (χ0n) is 13.8. The molecule has 128 valence electrons. The minimum atomic E-state index is -3.45. The van der Waals surface area contributed by atoms with Crippen LogP contribution in [-0.4, -0.2) is 56.3 Å². The summed E-state index contributed by atoms with van der Waals surface area (Å²) in [7, 11) is -3.45. The lowest BCUT2D eigenvalue weighted by molar-refractivity contribution is -0.117. The number of benzene rings is 1. The van der Waals surface area contributed by atoms with Crippen molar-refractivity contribution in [1.29, 1.82) is 0 Å². The quantitative estimate of drug-likeness (QED) is 0.822. The maximum absolute atomic E-state index is 12.4. The Morgan fingerprint density at radius 3 is 2.22 bits per heavy atom. The molecule has 1 saturated heterocycles. The molecule has 0 aromatic heterocycles. The van der Waals surface area contributed by atoms with Gasteiger partial charge in [-0.25, -0.2) is 8.42 Å². The highest BCUT2D eigenvalue weighted by Gasteiger charge is 2.21. The zero-order chi connectivity index (χ0) is 16.9. The van der Waals surface area contributed by atoms with Crippen molar-refractivity contribution in [2.24, 2.45) is 0 Å². The van der Waals surface area contributed by atoms with E-state index in [0.717, 1.165) is 25.9 Å². The summed E-state index contributed by atoms with van der Waals surface area (Å²) >= 11 is 0. The molecule has 1 aromatic carbocycles. The Labute approximate surface area is 138 Å². The fourth-order valence-corrected chi connectivity index (χ4v) is 4.23. The van der Waals surface area contributed by atoms with E-state index < -0.39 is 10.0 Å². The first-order valence-electron chi connectivity index (χ1n) is 8.09. The van der Waals surface area contributed by atoms with Crippen LogP contribution in [0.1, 0.15) is 26.7 Å². The average Bonchev–Trinajstić information content (AvgIpc) is 3.01. The highest BCUT2D eigenvalue weighted by molar-refractivity contribution is 7.89. The highest BCUT2D eigenvalue weighted by atomic mass is 32.2. The Bertz CT molecular complexity index is 618. The molecule has 0 unspecified atom stereocenters. The van der Waals surface area contributed by atoms with E-state index in [0.29, 0.717) is 25.3 Å². The molecule has 1 amide bonds. The van der Waals surface area contributed by atoms with Crippen LogP contribution in [0.5, 0.6) is 0 Å². The predicted octanol–water partition coefficient (Wildman–Crippen LogP) is 1.75. The van der Waals surface area contributed by atoms with Crippen LogP contribution in [0.15, 0.2) is 29.2 Å². The van der Waals surface area contributed by atoms with Crippen LogP contribution in [0, 0.1) is 0 Å². The average molecular weight is 339 g/mol. The third kappa shape index (κ3) is 4.53. The maximum atomic E-state index is 12.4. The smallest absolute Gasteiger partial charge is 0.243 e. The zero-order valence-corrected chi connectivity index (χ0v) is 14.6. The Hall–Kier alpha value is -1.44. The van der Waals surface area contributed by atoms with Crippen LogP contribution in [0.4, 0.5) is 5.69 Å². The number of nitrogens with zero attached hydrogens (tertiary/aromatic N) is 2. The van der Waals surface area contributed by atoms with Gasteiger partial charge in [0, 0.05) is 18.8 Å². The normalized spacial score (nSPS) is 16.0. The van der Waals surface area contributed by atoms with E-state index in [4.69, 9.17) is 0 Å². The molecule has 0 bridgehead atoms. The van der Waals surface area contributed by atoms with Crippen molar-refractivity contribution in [3.63, 3.8) is 0 Å². The summed E-state index contributed by atoms with van der Waals surface area (Å²) in [5.74, 6) is -0.0637. The molecule has 0 atom stereocenters. The minimum Gasteiger partial charge on any atom is -0.325 e. The number of hydrogen-bond donors (Lipinski definition) is 1. The Balaban J connectivity index is 2.00. The molecule has 0 aliphatic carbocycles. The van der Waals surface area contributed by atoms with E-state index in [2.05, 4.69) is 10.2 Å². The molecule has 1 aliphatic heterocycles. The molecule has 6 nitrogen and oxygen atoms in total. The lowest BCUT2D eigenvalue weighted by Crippen LogP contribution is -2.31. The number of carbonyl (C=O) groups is 1. The van der Waals surface area contributed by atoms with Gasteiger partial charge in [0.2, 0.25) is 15.9 Å². The summed E-state index contributed by atoms with van der Waals surface area (Å²) in [6.07, 6.45) is 2.29. The molecule has 0 spiro atoms. The molecule has 2 rings (SSSR count). The number of sulfonamides is 1. The van der Waals surface area contributed by atoms with Crippen molar-refractivity contribution in [3.05, 3.63) is 24.3 Å². The first kappa shape index (κ1) is 17.9. The van der Waals surface area contributed by atoms with Gasteiger partial charge in [0.05, 0.1) is 11.4 Å². The van der Waals surface area contributed by atoms with E-state index in [-0.39, 0.29) is 10.8 Å². The van der Waals surface area contributed by atoms with E-state index in [1.54, 1.807) is 24.3 Å². The van der Waals surface area contributed by atoms with Crippen molar-refractivity contribution in [1.82, 2.24) is 9.21 Å². The van der Waals surface area contributed by atoms with Crippen molar-refractivity contribution >= 4 is 21.6 Å². The summed E-state index contributed by atoms with van der Waals surface area (Å²) in [6.45, 7) is 6.82. The van der Waals surface area contributed by atoms with Crippen LogP contribution in [0.3, 0.4) is 0 Å². The molecule has 1 aliphatic rings. The van der Waals surface area contributed by atoms with Gasteiger partial charge in [0.15, 0.2) is 0 Å². The second-order valence-electron chi connectivity index (χ2n) is 5.65. The lowest BCUT2D eigenvalue weighted by Gasteiger charge is -2.18. The third-order valence-corrected chi connectivity index (χ3v) is 6.11. The Kier molecular flexibility index (Phi) is 6.15. The molecule has 0 radical (unpaired) electrons. The predicted molar refractivity (Wildman–Crippen MR) is 90.9 cm³/mol. The molecule has 1 fully saturated rings.